The lowest BCUT2D eigenvalue weighted by atomic mass is 9.92. The van der Waals surface area contributed by atoms with Crippen LogP contribution >= 0.6 is 0 Å². The van der Waals surface area contributed by atoms with Gasteiger partial charge >= 0.3 is 0 Å². The fourth-order valence-corrected chi connectivity index (χ4v) is 1.39. The van der Waals surface area contributed by atoms with Crippen molar-refractivity contribution in [3.63, 3.8) is 0 Å². The third-order valence-corrected chi connectivity index (χ3v) is 2.13. The largest absolute Gasteiger partial charge is 0.294 e. The van der Waals surface area contributed by atoms with E-state index < -0.39 is 12.3 Å². The average Bonchev–Trinajstić information content (AvgIpc) is 2.29. The number of allylic oxidation sites excluding steroid dienone is 4. The monoisotopic (exact) mass is 186 g/mol. The molecule has 0 saturated heterocycles. The SMILES string of the molecule is [2H]C1([2H])C=CC=CC1C(=O)c1ccccc1. The second-order valence-electron chi connectivity index (χ2n) is 3.12. The van der Waals surface area contributed by atoms with E-state index in [-0.39, 0.29) is 5.78 Å². The molecule has 0 aromatic heterocycles. The Kier molecular flexibility index (Phi) is 1.96. The minimum atomic E-state index is -1.60. The number of rotatable bonds is 2. The number of benzene rings is 1. The Hall–Kier alpha value is -1.63. The van der Waals surface area contributed by atoms with Crippen molar-refractivity contribution in [3.8, 4) is 0 Å². The van der Waals surface area contributed by atoms with Crippen molar-refractivity contribution in [2.24, 2.45) is 5.92 Å². The standard InChI is InChI=1S/C13H12O/c14-13(11-7-3-1-4-8-11)12-9-5-2-6-10-12/h1-9,12H,10H2/i10D2. The van der Waals surface area contributed by atoms with Gasteiger partial charge in [0.05, 0.1) is 0 Å². The van der Waals surface area contributed by atoms with Crippen molar-refractivity contribution in [2.45, 2.75) is 6.37 Å². The van der Waals surface area contributed by atoms with Gasteiger partial charge in [-0.1, -0.05) is 54.6 Å². The van der Waals surface area contributed by atoms with Gasteiger partial charge in [-0.05, 0) is 6.37 Å². The molecule has 1 aromatic rings. The van der Waals surface area contributed by atoms with E-state index in [0.717, 1.165) is 0 Å². The normalized spacial score (nSPS) is 25.3. The maximum absolute atomic E-state index is 12.1. The molecule has 0 aliphatic heterocycles. The summed E-state index contributed by atoms with van der Waals surface area (Å²) in [4.78, 5) is 12.1. The van der Waals surface area contributed by atoms with Crippen LogP contribution in [0.5, 0.6) is 0 Å². The Balaban J connectivity index is 2.30. The molecular weight excluding hydrogens is 172 g/mol. The van der Waals surface area contributed by atoms with Crippen molar-refractivity contribution in [1.82, 2.24) is 0 Å². The Morgan fingerprint density at radius 1 is 1.29 bits per heavy atom. The van der Waals surface area contributed by atoms with Crippen molar-refractivity contribution in [1.29, 1.82) is 0 Å². The number of hydrogen-bond acceptors (Lipinski definition) is 1. The number of Topliss-reactive ketones (excluding diaryl/α,β-unsaturated/α-hetero) is 1. The summed E-state index contributed by atoms with van der Waals surface area (Å²) >= 11 is 0. The van der Waals surface area contributed by atoms with Crippen molar-refractivity contribution in [2.75, 3.05) is 0 Å². The van der Waals surface area contributed by atoms with E-state index in [2.05, 4.69) is 0 Å². The molecule has 0 amide bonds. The van der Waals surface area contributed by atoms with Crippen LogP contribution in [0.4, 0.5) is 0 Å². The first-order chi connectivity index (χ1) is 7.61. The zero-order valence-electron chi connectivity index (χ0n) is 9.68. The van der Waals surface area contributed by atoms with Crippen LogP contribution in [0.25, 0.3) is 0 Å². The summed E-state index contributed by atoms with van der Waals surface area (Å²) in [6, 6.07) is 8.83. The summed E-state index contributed by atoms with van der Waals surface area (Å²) in [7, 11) is 0. The summed E-state index contributed by atoms with van der Waals surface area (Å²) < 4.78 is 15.5. The summed E-state index contributed by atoms with van der Waals surface area (Å²) in [5.74, 6) is -0.897. The molecule has 70 valence electrons. The molecule has 2 rings (SSSR count). The molecule has 0 saturated carbocycles. The predicted molar refractivity (Wildman–Crippen MR) is 57.2 cm³/mol. The van der Waals surface area contributed by atoms with Gasteiger partial charge in [-0.2, -0.15) is 0 Å². The van der Waals surface area contributed by atoms with Crippen LogP contribution in [-0.4, -0.2) is 5.78 Å². The number of carbonyl (C=O) groups excluding carboxylic acids is 1. The molecule has 0 radical (unpaired) electrons. The third kappa shape index (κ3) is 1.82. The molecule has 0 bridgehead atoms. The Morgan fingerprint density at radius 2 is 2.07 bits per heavy atom. The number of ketones is 1. The summed E-state index contributed by atoms with van der Waals surface area (Å²) in [5, 5.41) is 0. The topological polar surface area (TPSA) is 17.1 Å². The second-order valence-corrected chi connectivity index (χ2v) is 3.12. The van der Waals surface area contributed by atoms with Gasteiger partial charge in [0.1, 0.15) is 0 Å². The first-order valence-electron chi connectivity index (χ1n) is 5.56. The molecule has 0 spiro atoms. The van der Waals surface area contributed by atoms with Gasteiger partial charge in [-0.15, -0.1) is 0 Å². The lowest BCUT2D eigenvalue weighted by molar-refractivity contribution is 0.0945. The highest BCUT2D eigenvalue weighted by molar-refractivity contribution is 5.99. The molecule has 1 aromatic carbocycles. The van der Waals surface area contributed by atoms with E-state index >= 15 is 0 Å². The van der Waals surface area contributed by atoms with Gasteiger partial charge < -0.3 is 0 Å². The summed E-state index contributed by atoms with van der Waals surface area (Å²) in [5.41, 5.74) is 0.552. The maximum atomic E-state index is 12.1. The maximum Gasteiger partial charge on any atom is 0.170 e. The van der Waals surface area contributed by atoms with Crippen LogP contribution in [0.3, 0.4) is 0 Å². The lowest BCUT2D eigenvalue weighted by Gasteiger charge is -2.11. The summed E-state index contributed by atoms with van der Waals surface area (Å²) in [6.07, 6.45) is 4.80. The van der Waals surface area contributed by atoms with E-state index in [0.29, 0.717) is 5.56 Å². The van der Waals surface area contributed by atoms with Gasteiger partial charge in [-0.3, -0.25) is 4.79 Å². The smallest absolute Gasteiger partial charge is 0.170 e. The lowest BCUT2D eigenvalue weighted by Crippen LogP contribution is -2.12. The molecule has 14 heavy (non-hydrogen) atoms. The van der Waals surface area contributed by atoms with Crippen molar-refractivity contribution in [3.05, 3.63) is 60.2 Å². The van der Waals surface area contributed by atoms with Gasteiger partial charge in [-0.25, -0.2) is 0 Å². The van der Waals surface area contributed by atoms with E-state index in [4.69, 9.17) is 2.74 Å². The predicted octanol–water partition coefficient (Wildman–Crippen LogP) is 3.00. The summed E-state index contributed by atoms with van der Waals surface area (Å²) in [6.45, 7) is 0. The molecule has 0 fully saturated rings. The molecule has 0 heterocycles. The Bertz CT molecular complexity index is 446. The molecule has 0 N–H and O–H groups in total. The second kappa shape index (κ2) is 4.05. The van der Waals surface area contributed by atoms with Gasteiger partial charge in [0.15, 0.2) is 5.78 Å². The molecule has 1 aliphatic carbocycles. The van der Waals surface area contributed by atoms with E-state index in [1.54, 1.807) is 42.5 Å². The molecule has 1 nitrogen and oxygen atoms in total. The minimum absolute atomic E-state index is 0.175. The van der Waals surface area contributed by atoms with E-state index in [9.17, 15) is 4.79 Å². The molecule has 1 heteroatoms. The van der Waals surface area contributed by atoms with Crippen LogP contribution < -0.4 is 0 Å². The average molecular weight is 186 g/mol. The van der Waals surface area contributed by atoms with Crippen LogP contribution in [0.15, 0.2) is 54.6 Å². The third-order valence-electron chi connectivity index (χ3n) is 2.13. The fraction of sp³-hybridized carbons (Fsp3) is 0.154. The van der Waals surface area contributed by atoms with Crippen LogP contribution in [0, 0.1) is 5.92 Å². The van der Waals surface area contributed by atoms with Crippen LogP contribution in [-0.2, 0) is 0 Å². The van der Waals surface area contributed by atoms with Crippen LogP contribution in [0.2, 0.25) is 0 Å². The fourth-order valence-electron chi connectivity index (χ4n) is 1.39. The highest BCUT2D eigenvalue weighted by Gasteiger charge is 2.16. The molecule has 1 aliphatic rings. The first kappa shape index (κ1) is 6.77. The Morgan fingerprint density at radius 3 is 2.79 bits per heavy atom. The van der Waals surface area contributed by atoms with Crippen LogP contribution in [0.1, 0.15) is 19.5 Å². The van der Waals surface area contributed by atoms with Crippen molar-refractivity contribution < 1.29 is 7.54 Å². The van der Waals surface area contributed by atoms with Gasteiger partial charge in [0.2, 0.25) is 0 Å². The zero-order chi connectivity index (χ0) is 11.6. The number of carbonyl (C=O) groups is 1. The van der Waals surface area contributed by atoms with Gasteiger partial charge in [0, 0.05) is 14.2 Å². The Labute approximate surface area is 86.6 Å². The molecule has 1 unspecified atom stereocenters. The highest BCUT2D eigenvalue weighted by atomic mass is 16.1. The number of hydrogen-bond donors (Lipinski definition) is 0. The van der Waals surface area contributed by atoms with E-state index in [1.807, 2.05) is 6.07 Å². The molecular formula is C13H12O. The van der Waals surface area contributed by atoms with Gasteiger partial charge in [0.25, 0.3) is 0 Å². The zero-order valence-corrected chi connectivity index (χ0v) is 7.68. The highest BCUT2D eigenvalue weighted by Crippen LogP contribution is 2.17. The first-order valence-corrected chi connectivity index (χ1v) is 4.56. The molecule has 1 atom stereocenters. The quantitative estimate of drug-likeness (QED) is 0.649. The van der Waals surface area contributed by atoms with Crippen molar-refractivity contribution >= 4 is 5.78 Å². The minimum Gasteiger partial charge on any atom is -0.294 e. The van der Waals surface area contributed by atoms with E-state index in [1.165, 1.54) is 6.08 Å².